The number of amides is 1. The van der Waals surface area contributed by atoms with Crippen molar-refractivity contribution in [3.63, 3.8) is 0 Å². The van der Waals surface area contributed by atoms with Crippen LogP contribution in [0.1, 0.15) is 31.2 Å². The van der Waals surface area contributed by atoms with Crippen molar-refractivity contribution in [2.75, 3.05) is 11.9 Å². The van der Waals surface area contributed by atoms with Gasteiger partial charge in [-0.25, -0.2) is 8.42 Å². The summed E-state index contributed by atoms with van der Waals surface area (Å²) in [6.45, 7) is 2.27. The minimum absolute atomic E-state index is 0.123. The van der Waals surface area contributed by atoms with E-state index in [-0.39, 0.29) is 23.3 Å². The van der Waals surface area contributed by atoms with Crippen LogP contribution in [0.3, 0.4) is 0 Å². The molecule has 3 rings (SSSR count). The first-order chi connectivity index (χ1) is 12.9. The maximum Gasteiger partial charge on any atom is 0.243 e. The van der Waals surface area contributed by atoms with Crippen molar-refractivity contribution in [2.24, 2.45) is 0 Å². The van der Waals surface area contributed by atoms with E-state index < -0.39 is 10.0 Å². The summed E-state index contributed by atoms with van der Waals surface area (Å²) < 4.78 is 27.5. The molecule has 1 amide bonds. The number of sulfonamides is 1. The highest BCUT2D eigenvalue weighted by molar-refractivity contribution is 7.89. The Hall–Kier alpha value is -1.89. The van der Waals surface area contributed by atoms with Gasteiger partial charge in [0.2, 0.25) is 15.9 Å². The molecule has 0 radical (unpaired) electrons. The summed E-state index contributed by atoms with van der Waals surface area (Å²) in [6.07, 6.45) is 2.51. The number of carbonyl (C=O) groups is 1. The van der Waals surface area contributed by atoms with E-state index in [2.05, 4.69) is 5.32 Å². The summed E-state index contributed by atoms with van der Waals surface area (Å²) in [5.41, 5.74) is 1.45. The predicted molar refractivity (Wildman–Crippen MR) is 107 cm³/mol. The monoisotopic (exact) mass is 406 g/mol. The molecule has 1 aliphatic rings. The average Bonchev–Trinajstić information content (AvgIpc) is 2.66. The molecule has 0 spiro atoms. The third kappa shape index (κ3) is 4.51. The topological polar surface area (TPSA) is 66.5 Å². The molecule has 5 nitrogen and oxygen atoms in total. The molecular formula is C20H23ClN2O3S. The fraction of sp³-hybridized carbons (Fsp3) is 0.350. The Labute approximate surface area is 165 Å². The van der Waals surface area contributed by atoms with Crippen LogP contribution in [0.2, 0.25) is 5.02 Å². The number of piperidine rings is 1. The lowest BCUT2D eigenvalue weighted by Gasteiger charge is -2.34. The maximum absolute atomic E-state index is 13.0. The van der Waals surface area contributed by atoms with Crippen molar-refractivity contribution < 1.29 is 13.2 Å². The van der Waals surface area contributed by atoms with Gasteiger partial charge in [-0.3, -0.25) is 4.79 Å². The molecule has 0 aromatic heterocycles. The van der Waals surface area contributed by atoms with Crippen molar-refractivity contribution in [3.8, 4) is 0 Å². The summed E-state index contributed by atoms with van der Waals surface area (Å²) in [5, 5.41) is 3.45. The van der Waals surface area contributed by atoms with Gasteiger partial charge in [0.1, 0.15) is 0 Å². The van der Waals surface area contributed by atoms with Gasteiger partial charge in [0.15, 0.2) is 0 Å². The highest BCUT2D eigenvalue weighted by Crippen LogP contribution is 2.28. The molecule has 1 atom stereocenters. The molecule has 1 heterocycles. The number of nitrogens with one attached hydrogen (secondary N) is 1. The fourth-order valence-electron chi connectivity index (χ4n) is 3.38. The molecule has 0 aliphatic carbocycles. The second-order valence-corrected chi connectivity index (χ2v) is 9.04. The molecule has 0 bridgehead atoms. The SMILES string of the molecule is Cc1c(Cl)cccc1NC(=O)CC1CCCCN1S(=O)(=O)c1ccccc1. The molecule has 144 valence electrons. The van der Waals surface area contributed by atoms with E-state index in [4.69, 9.17) is 11.6 Å². The summed E-state index contributed by atoms with van der Waals surface area (Å²) >= 11 is 6.10. The van der Waals surface area contributed by atoms with Crippen LogP contribution in [0.4, 0.5) is 5.69 Å². The number of rotatable bonds is 5. The van der Waals surface area contributed by atoms with Crippen molar-refractivity contribution in [1.82, 2.24) is 4.31 Å². The molecule has 1 N–H and O–H groups in total. The lowest BCUT2D eigenvalue weighted by Crippen LogP contribution is -2.45. The highest BCUT2D eigenvalue weighted by Gasteiger charge is 2.34. The van der Waals surface area contributed by atoms with Gasteiger partial charge in [0, 0.05) is 29.7 Å². The minimum Gasteiger partial charge on any atom is -0.326 e. The highest BCUT2D eigenvalue weighted by atomic mass is 35.5. The predicted octanol–water partition coefficient (Wildman–Crippen LogP) is 4.22. The van der Waals surface area contributed by atoms with Crippen LogP contribution in [0, 0.1) is 6.92 Å². The Morgan fingerprint density at radius 1 is 1.15 bits per heavy atom. The van der Waals surface area contributed by atoms with Crippen LogP contribution in [0.15, 0.2) is 53.4 Å². The van der Waals surface area contributed by atoms with E-state index >= 15 is 0 Å². The lowest BCUT2D eigenvalue weighted by molar-refractivity contribution is -0.117. The number of benzene rings is 2. The zero-order valence-corrected chi connectivity index (χ0v) is 16.8. The van der Waals surface area contributed by atoms with E-state index in [0.29, 0.717) is 23.7 Å². The van der Waals surface area contributed by atoms with E-state index in [1.807, 2.05) is 6.92 Å². The van der Waals surface area contributed by atoms with Crippen molar-refractivity contribution >= 4 is 33.2 Å². The number of anilines is 1. The molecule has 27 heavy (non-hydrogen) atoms. The van der Waals surface area contributed by atoms with Crippen molar-refractivity contribution in [1.29, 1.82) is 0 Å². The Morgan fingerprint density at radius 2 is 1.89 bits per heavy atom. The number of nitrogens with zero attached hydrogens (tertiary/aromatic N) is 1. The van der Waals surface area contributed by atoms with Crippen LogP contribution < -0.4 is 5.32 Å². The van der Waals surface area contributed by atoms with Crippen LogP contribution in [0.5, 0.6) is 0 Å². The Kier molecular flexibility index (Phi) is 6.19. The first-order valence-electron chi connectivity index (χ1n) is 9.01. The van der Waals surface area contributed by atoms with Gasteiger partial charge >= 0.3 is 0 Å². The summed E-state index contributed by atoms with van der Waals surface area (Å²) in [7, 11) is -3.61. The lowest BCUT2D eigenvalue weighted by atomic mass is 10.0. The fourth-order valence-corrected chi connectivity index (χ4v) is 5.27. The molecule has 1 saturated heterocycles. The van der Waals surface area contributed by atoms with Crippen LogP contribution >= 0.6 is 11.6 Å². The van der Waals surface area contributed by atoms with Crippen LogP contribution in [-0.4, -0.2) is 31.2 Å². The first-order valence-corrected chi connectivity index (χ1v) is 10.8. The molecule has 1 fully saturated rings. The first kappa shape index (κ1) is 19.9. The van der Waals surface area contributed by atoms with E-state index in [1.165, 1.54) is 4.31 Å². The maximum atomic E-state index is 13.0. The Bertz CT molecular complexity index is 916. The molecular weight excluding hydrogens is 384 g/mol. The zero-order chi connectivity index (χ0) is 19.4. The van der Waals surface area contributed by atoms with E-state index in [0.717, 1.165) is 18.4 Å². The second kappa shape index (κ2) is 8.42. The Balaban J connectivity index is 1.76. The number of hydrogen-bond donors (Lipinski definition) is 1. The average molecular weight is 407 g/mol. The Morgan fingerprint density at radius 3 is 2.63 bits per heavy atom. The number of halogens is 1. The van der Waals surface area contributed by atoms with Gasteiger partial charge in [-0.15, -0.1) is 0 Å². The quantitative estimate of drug-likeness (QED) is 0.808. The van der Waals surface area contributed by atoms with Gasteiger partial charge < -0.3 is 5.32 Å². The minimum atomic E-state index is -3.61. The molecule has 2 aromatic carbocycles. The molecule has 0 saturated carbocycles. The standard InChI is InChI=1S/C20H23ClN2O3S/c1-15-18(21)11-7-12-19(15)22-20(24)14-16-8-5-6-13-23(16)27(25,26)17-9-3-2-4-10-17/h2-4,7,9-12,16H,5-6,8,13-14H2,1H3,(H,22,24). The molecule has 1 aliphatic heterocycles. The van der Waals surface area contributed by atoms with Gasteiger partial charge in [-0.2, -0.15) is 4.31 Å². The summed E-state index contributed by atoms with van der Waals surface area (Å²) in [5.74, 6) is -0.208. The van der Waals surface area contributed by atoms with Gasteiger partial charge in [-0.05, 0) is 49.6 Å². The summed E-state index contributed by atoms with van der Waals surface area (Å²) in [6, 6.07) is 13.4. The largest absolute Gasteiger partial charge is 0.326 e. The van der Waals surface area contributed by atoms with Crippen LogP contribution in [0.25, 0.3) is 0 Å². The molecule has 7 heteroatoms. The zero-order valence-electron chi connectivity index (χ0n) is 15.2. The third-order valence-corrected chi connectivity index (χ3v) is 7.26. The number of carbonyl (C=O) groups excluding carboxylic acids is 1. The summed E-state index contributed by atoms with van der Waals surface area (Å²) in [4.78, 5) is 12.8. The van der Waals surface area contributed by atoms with Crippen LogP contribution in [-0.2, 0) is 14.8 Å². The van der Waals surface area contributed by atoms with E-state index in [9.17, 15) is 13.2 Å². The molecule has 2 aromatic rings. The number of hydrogen-bond acceptors (Lipinski definition) is 3. The van der Waals surface area contributed by atoms with Crippen molar-refractivity contribution in [3.05, 3.63) is 59.1 Å². The molecule has 1 unspecified atom stereocenters. The van der Waals surface area contributed by atoms with Crippen molar-refractivity contribution in [2.45, 2.75) is 43.5 Å². The normalized spacial score (nSPS) is 18.2. The third-order valence-electron chi connectivity index (χ3n) is 4.89. The smallest absolute Gasteiger partial charge is 0.243 e. The van der Waals surface area contributed by atoms with Gasteiger partial charge in [0.05, 0.1) is 4.90 Å². The second-order valence-electron chi connectivity index (χ2n) is 6.74. The van der Waals surface area contributed by atoms with E-state index in [1.54, 1.807) is 48.5 Å². The van der Waals surface area contributed by atoms with Gasteiger partial charge in [0.25, 0.3) is 0 Å². The van der Waals surface area contributed by atoms with Gasteiger partial charge in [-0.1, -0.05) is 42.3 Å².